The first-order chi connectivity index (χ1) is 7.97. The van der Waals surface area contributed by atoms with E-state index < -0.39 is 29.1 Å². The Morgan fingerprint density at radius 3 is 2.24 bits per heavy atom. The fourth-order valence-electron chi connectivity index (χ4n) is 1.25. The lowest BCUT2D eigenvalue weighted by molar-refractivity contribution is 0.0690. The Labute approximate surface area is 96.3 Å². The molecule has 0 saturated heterocycles. The van der Waals surface area contributed by atoms with Crippen molar-refractivity contribution >= 4 is 11.9 Å². The third kappa shape index (κ3) is 2.99. The van der Waals surface area contributed by atoms with Crippen molar-refractivity contribution < 1.29 is 23.5 Å². The molecule has 1 aromatic rings. The summed E-state index contributed by atoms with van der Waals surface area (Å²) >= 11 is 0. The van der Waals surface area contributed by atoms with Crippen LogP contribution in [0.5, 0.6) is 0 Å². The van der Waals surface area contributed by atoms with E-state index in [4.69, 9.17) is 5.11 Å². The first-order valence-corrected chi connectivity index (χ1v) is 4.98. The van der Waals surface area contributed by atoms with Crippen molar-refractivity contribution in [1.29, 1.82) is 0 Å². The molecule has 4 nitrogen and oxygen atoms in total. The molecule has 0 radical (unpaired) electrons. The average molecular weight is 243 g/mol. The summed E-state index contributed by atoms with van der Waals surface area (Å²) in [7, 11) is 0. The van der Waals surface area contributed by atoms with Crippen LogP contribution in [0, 0.1) is 11.6 Å². The maximum atomic E-state index is 13.0. The zero-order valence-corrected chi connectivity index (χ0v) is 9.09. The molecule has 1 aromatic carbocycles. The largest absolute Gasteiger partial charge is 0.478 e. The van der Waals surface area contributed by atoms with Crippen LogP contribution in [-0.4, -0.2) is 23.5 Å². The standard InChI is InChI=1S/C11H11F2NO3/c1-2-3-14-10(15)6-4-8(12)9(13)5-7(6)11(16)17/h4-5H,2-3H2,1H3,(H,14,15)(H,16,17). The molecule has 0 fully saturated rings. The number of aromatic carboxylic acids is 1. The van der Waals surface area contributed by atoms with Crippen molar-refractivity contribution in [3.63, 3.8) is 0 Å². The molecule has 0 heterocycles. The van der Waals surface area contributed by atoms with Crippen LogP contribution in [0.25, 0.3) is 0 Å². The molecule has 6 heteroatoms. The van der Waals surface area contributed by atoms with Crippen molar-refractivity contribution in [2.45, 2.75) is 13.3 Å². The summed E-state index contributed by atoms with van der Waals surface area (Å²) in [6.45, 7) is 2.14. The van der Waals surface area contributed by atoms with Gasteiger partial charge < -0.3 is 10.4 Å². The van der Waals surface area contributed by atoms with Gasteiger partial charge in [-0.2, -0.15) is 0 Å². The Morgan fingerprint density at radius 1 is 1.24 bits per heavy atom. The van der Waals surface area contributed by atoms with Crippen LogP contribution in [0.2, 0.25) is 0 Å². The van der Waals surface area contributed by atoms with Gasteiger partial charge in [-0.15, -0.1) is 0 Å². The van der Waals surface area contributed by atoms with Crippen molar-refractivity contribution in [2.75, 3.05) is 6.54 Å². The third-order valence-corrected chi connectivity index (χ3v) is 2.07. The number of carbonyl (C=O) groups is 2. The summed E-state index contributed by atoms with van der Waals surface area (Å²) in [4.78, 5) is 22.3. The molecule has 0 unspecified atom stereocenters. The number of hydrogen-bond donors (Lipinski definition) is 2. The van der Waals surface area contributed by atoms with Gasteiger partial charge in [0.25, 0.3) is 5.91 Å². The van der Waals surface area contributed by atoms with Gasteiger partial charge in [-0.1, -0.05) is 6.92 Å². The van der Waals surface area contributed by atoms with Gasteiger partial charge >= 0.3 is 5.97 Å². The Bertz CT molecular complexity index is 460. The molecule has 0 aliphatic rings. The van der Waals surface area contributed by atoms with Crippen LogP contribution in [0.3, 0.4) is 0 Å². The monoisotopic (exact) mass is 243 g/mol. The topological polar surface area (TPSA) is 66.4 Å². The van der Waals surface area contributed by atoms with E-state index >= 15 is 0 Å². The zero-order chi connectivity index (χ0) is 13.0. The highest BCUT2D eigenvalue weighted by Crippen LogP contribution is 2.15. The van der Waals surface area contributed by atoms with Gasteiger partial charge in [0.15, 0.2) is 11.6 Å². The molecular formula is C11H11F2NO3. The number of nitrogens with one attached hydrogen (secondary N) is 1. The molecule has 0 bridgehead atoms. The summed E-state index contributed by atoms with van der Waals surface area (Å²) in [5.74, 6) is -4.76. The number of carboxylic acids is 1. The van der Waals surface area contributed by atoms with Gasteiger partial charge in [-0.05, 0) is 18.6 Å². The van der Waals surface area contributed by atoms with E-state index in [0.717, 1.165) is 0 Å². The molecule has 0 aliphatic carbocycles. The smallest absolute Gasteiger partial charge is 0.336 e. The van der Waals surface area contributed by atoms with Crippen molar-refractivity contribution in [3.05, 3.63) is 34.9 Å². The minimum Gasteiger partial charge on any atom is -0.478 e. The molecule has 0 spiro atoms. The second-order valence-electron chi connectivity index (χ2n) is 3.37. The number of carboxylic acid groups (broad SMARTS) is 1. The van der Waals surface area contributed by atoms with Gasteiger partial charge in [0.05, 0.1) is 11.1 Å². The van der Waals surface area contributed by atoms with E-state index in [2.05, 4.69) is 5.32 Å². The van der Waals surface area contributed by atoms with E-state index in [9.17, 15) is 18.4 Å². The minimum absolute atomic E-state index is 0.330. The summed E-state index contributed by atoms with van der Waals surface area (Å²) in [5, 5.41) is 11.2. The molecule has 1 rings (SSSR count). The quantitative estimate of drug-likeness (QED) is 0.847. The van der Waals surface area contributed by atoms with Gasteiger partial charge in [-0.3, -0.25) is 4.79 Å². The Kier molecular flexibility index (Phi) is 4.14. The zero-order valence-electron chi connectivity index (χ0n) is 9.09. The molecule has 0 atom stereocenters. The maximum absolute atomic E-state index is 13.0. The van der Waals surface area contributed by atoms with Gasteiger partial charge in [0, 0.05) is 6.54 Å². The summed E-state index contributed by atoms with van der Waals surface area (Å²) < 4.78 is 25.8. The van der Waals surface area contributed by atoms with Gasteiger partial charge in [0.2, 0.25) is 0 Å². The lowest BCUT2D eigenvalue weighted by Gasteiger charge is -2.07. The molecule has 92 valence electrons. The first kappa shape index (κ1) is 13.1. The number of carbonyl (C=O) groups excluding carboxylic acids is 1. The number of hydrogen-bond acceptors (Lipinski definition) is 2. The van der Waals surface area contributed by atoms with Crippen molar-refractivity contribution in [1.82, 2.24) is 5.32 Å². The number of benzene rings is 1. The van der Waals surface area contributed by atoms with E-state index in [1.807, 2.05) is 6.92 Å². The van der Waals surface area contributed by atoms with E-state index in [-0.39, 0.29) is 5.56 Å². The fourth-order valence-corrected chi connectivity index (χ4v) is 1.25. The van der Waals surface area contributed by atoms with Crippen LogP contribution < -0.4 is 5.32 Å². The van der Waals surface area contributed by atoms with E-state index in [1.54, 1.807) is 0 Å². The molecule has 0 saturated carbocycles. The van der Waals surface area contributed by atoms with Gasteiger partial charge in [0.1, 0.15) is 0 Å². The Hall–Kier alpha value is -1.98. The lowest BCUT2D eigenvalue weighted by Crippen LogP contribution is -2.26. The SMILES string of the molecule is CCCNC(=O)c1cc(F)c(F)cc1C(=O)O. The lowest BCUT2D eigenvalue weighted by atomic mass is 10.1. The van der Waals surface area contributed by atoms with E-state index in [1.165, 1.54) is 0 Å². The molecular weight excluding hydrogens is 232 g/mol. The number of halogens is 2. The van der Waals surface area contributed by atoms with Crippen molar-refractivity contribution in [2.24, 2.45) is 0 Å². The predicted molar refractivity (Wildman–Crippen MR) is 55.9 cm³/mol. The predicted octanol–water partition coefficient (Wildman–Crippen LogP) is 1.80. The Morgan fingerprint density at radius 2 is 1.76 bits per heavy atom. The normalized spacial score (nSPS) is 10.1. The second-order valence-corrected chi connectivity index (χ2v) is 3.37. The number of amides is 1. The highest BCUT2D eigenvalue weighted by molar-refractivity contribution is 6.04. The fraction of sp³-hybridized carbons (Fsp3) is 0.273. The molecule has 0 aromatic heterocycles. The summed E-state index contributed by atoms with van der Waals surface area (Å²) in [6.07, 6.45) is 0.651. The second kappa shape index (κ2) is 5.38. The van der Waals surface area contributed by atoms with Gasteiger partial charge in [-0.25, -0.2) is 13.6 Å². The Balaban J connectivity index is 3.16. The molecule has 0 aliphatic heterocycles. The third-order valence-electron chi connectivity index (χ3n) is 2.07. The highest BCUT2D eigenvalue weighted by Gasteiger charge is 2.19. The average Bonchev–Trinajstić information content (AvgIpc) is 2.28. The van der Waals surface area contributed by atoms with Crippen molar-refractivity contribution in [3.8, 4) is 0 Å². The summed E-state index contributed by atoms with van der Waals surface area (Å²) in [5.41, 5.74) is -0.942. The van der Waals surface area contributed by atoms with Crippen LogP contribution in [0.15, 0.2) is 12.1 Å². The van der Waals surface area contributed by atoms with Crippen LogP contribution in [0.4, 0.5) is 8.78 Å². The molecule has 1 amide bonds. The number of rotatable bonds is 4. The molecule has 2 N–H and O–H groups in total. The van der Waals surface area contributed by atoms with Crippen LogP contribution in [-0.2, 0) is 0 Å². The minimum atomic E-state index is -1.48. The van der Waals surface area contributed by atoms with Crippen LogP contribution >= 0.6 is 0 Å². The summed E-state index contributed by atoms with van der Waals surface area (Å²) in [6, 6.07) is 1.09. The highest BCUT2D eigenvalue weighted by atomic mass is 19.2. The first-order valence-electron chi connectivity index (χ1n) is 4.98. The maximum Gasteiger partial charge on any atom is 0.336 e. The van der Waals surface area contributed by atoms with Crippen LogP contribution in [0.1, 0.15) is 34.1 Å². The molecule has 17 heavy (non-hydrogen) atoms. The van der Waals surface area contributed by atoms with E-state index in [0.29, 0.717) is 25.1 Å².